The second kappa shape index (κ2) is 9.60. The maximum absolute atomic E-state index is 12.4. The number of hydrogen-bond acceptors (Lipinski definition) is 4. The Labute approximate surface area is 178 Å². The summed E-state index contributed by atoms with van der Waals surface area (Å²) in [4.78, 5) is 0. The van der Waals surface area contributed by atoms with Crippen molar-refractivity contribution in [3.05, 3.63) is 50.4 Å². The van der Waals surface area contributed by atoms with Crippen molar-refractivity contribution in [1.82, 2.24) is 0 Å². The molecule has 0 saturated carbocycles. The van der Waals surface area contributed by atoms with Gasteiger partial charge in [0, 0.05) is 18.4 Å². The molecule has 27 heavy (non-hydrogen) atoms. The van der Waals surface area contributed by atoms with Crippen LogP contribution in [0.1, 0.15) is 37.8 Å². The highest BCUT2D eigenvalue weighted by atomic mass is 79.9. The van der Waals surface area contributed by atoms with Crippen LogP contribution in [0.2, 0.25) is 0 Å². The van der Waals surface area contributed by atoms with Gasteiger partial charge in [0.25, 0.3) is 0 Å². The summed E-state index contributed by atoms with van der Waals surface area (Å²) < 4.78 is 30.9. The molecule has 0 spiro atoms. The normalized spacial score (nSPS) is 13.5. The molecule has 148 valence electrons. The summed E-state index contributed by atoms with van der Waals surface area (Å²) in [5.74, 6) is 2.56. The molecule has 0 fully saturated rings. The Kier molecular flexibility index (Phi) is 7.99. The second-order valence-corrected chi connectivity index (χ2v) is 11.0. The van der Waals surface area contributed by atoms with Gasteiger partial charge in [-0.1, -0.05) is 13.8 Å². The van der Waals surface area contributed by atoms with Crippen LogP contribution < -0.4 is 9.47 Å². The Morgan fingerprint density at radius 1 is 1.11 bits per heavy atom. The summed E-state index contributed by atoms with van der Waals surface area (Å²) in [5, 5.41) is 0. The van der Waals surface area contributed by atoms with E-state index in [1.54, 1.807) is 13.8 Å². The first-order chi connectivity index (χ1) is 12.7. The molecule has 2 rings (SSSR count). The van der Waals surface area contributed by atoms with Gasteiger partial charge < -0.3 is 14.0 Å². The van der Waals surface area contributed by atoms with E-state index in [9.17, 15) is 4.57 Å². The molecule has 0 aliphatic heterocycles. The predicted octanol–water partition coefficient (Wildman–Crippen LogP) is 7.58. The van der Waals surface area contributed by atoms with Gasteiger partial charge in [-0.05, 0) is 80.6 Å². The minimum Gasteiger partial charge on any atom is -0.496 e. The Balaban J connectivity index is 2.30. The zero-order valence-electron chi connectivity index (χ0n) is 16.2. The molecule has 0 heterocycles. The van der Waals surface area contributed by atoms with Crippen LogP contribution in [0.3, 0.4) is 0 Å². The molecule has 0 amide bonds. The molecule has 0 saturated heterocycles. The number of rotatable bonds is 8. The molecule has 0 bridgehead atoms. The molecule has 0 radical (unpaired) electrons. The van der Waals surface area contributed by atoms with Crippen LogP contribution in [0.25, 0.3) is 0 Å². The molecule has 2 aromatic rings. The van der Waals surface area contributed by atoms with Gasteiger partial charge in [-0.2, -0.15) is 0 Å². The third kappa shape index (κ3) is 6.08. The van der Waals surface area contributed by atoms with Gasteiger partial charge in [-0.25, -0.2) is 0 Å². The fourth-order valence-corrected chi connectivity index (χ4v) is 5.72. The Hall–Kier alpha value is -0.810. The molecule has 1 unspecified atom stereocenters. The first-order valence-corrected chi connectivity index (χ1v) is 12.6. The lowest BCUT2D eigenvalue weighted by Gasteiger charge is -2.17. The van der Waals surface area contributed by atoms with E-state index in [2.05, 4.69) is 45.7 Å². The highest BCUT2D eigenvalue weighted by Crippen LogP contribution is 2.48. The quantitative estimate of drug-likeness (QED) is 0.337. The number of methoxy groups -OCH3 is 1. The van der Waals surface area contributed by atoms with Gasteiger partial charge in [-0.3, -0.25) is 4.57 Å². The predicted molar refractivity (Wildman–Crippen MR) is 118 cm³/mol. The maximum Gasteiger partial charge on any atom is 0.204 e. The first-order valence-electron chi connectivity index (χ1n) is 8.71. The minimum absolute atomic E-state index is 0.315. The summed E-state index contributed by atoms with van der Waals surface area (Å²) in [5.41, 5.74) is 2.00. The summed E-state index contributed by atoms with van der Waals surface area (Å²) in [6, 6.07) is 9.62. The van der Waals surface area contributed by atoms with Crippen LogP contribution in [-0.2, 0) is 15.3 Å². The van der Waals surface area contributed by atoms with E-state index in [0.717, 1.165) is 31.6 Å². The largest absolute Gasteiger partial charge is 0.496 e. The van der Waals surface area contributed by atoms with Gasteiger partial charge in [0.2, 0.25) is 7.37 Å². The molecule has 0 aliphatic carbocycles. The molecular formula is C20H25Br2O4P. The van der Waals surface area contributed by atoms with Gasteiger partial charge in [0.15, 0.2) is 5.75 Å². The zero-order valence-corrected chi connectivity index (χ0v) is 20.3. The fourth-order valence-electron chi connectivity index (χ4n) is 2.80. The van der Waals surface area contributed by atoms with Crippen LogP contribution in [-0.4, -0.2) is 20.4 Å². The van der Waals surface area contributed by atoms with Crippen LogP contribution >= 0.6 is 39.2 Å². The Bertz CT molecular complexity index is 829. The lowest BCUT2D eigenvalue weighted by atomic mass is 10.0. The molecule has 4 nitrogen and oxygen atoms in total. The van der Waals surface area contributed by atoms with Crippen molar-refractivity contribution in [2.75, 3.05) is 20.4 Å². The lowest BCUT2D eigenvalue weighted by molar-refractivity contribution is 0.336. The first kappa shape index (κ1) is 22.5. The maximum atomic E-state index is 12.4. The van der Waals surface area contributed by atoms with Gasteiger partial charge >= 0.3 is 0 Å². The van der Waals surface area contributed by atoms with Crippen molar-refractivity contribution in [3.63, 3.8) is 0 Å². The van der Waals surface area contributed by atoms with Crippen molar-refractivity contribution in [2.24, 2.45) is 0 Å². The van der Waals surface area contributed by atoms with E-state index in [-0.39, 0.29) is 0 Å². The van der Waals surface area contributed by atoms with Gasteiger partial charge in [0.1, 0.15) is 11.5 Å². The molecule has 1 atom stereocenters. The van der Waals surface area contributed by atoms with E-state index >= 15 is 0 Å². The topological polar surface area (TPSA) is 44.8 Å². The summed E-state index contributed by atoms with van der Waals surface area (Å²) in [6.45, 7) is 8.17. The van der Waals surface area contributed by atoms with E-state index in [0.29, 0.717) is 24.4 Å². The summed E-state index contributed by atoms with van der Waals surface area (Å²) >= 11 is 7.13. The Morgan fingerprint density at radius 2 is 1.74 bits per heavy atom. The number of hydrogen-bond donors (Lipinski definition) is 0. The van der Waals surface area contributed by atoms with Crippen LogP contribution in [0.4, 0.5) is 0 Å². The lowest BCUT2D eigenvalue weighted by Crippen LogP contribution is -1.97. The SMILES string of the molecule is CCOP(C)(=O)Cc1cc(Br)c(Oc2ccc(OC)c(C(C)C)c2)c(Br)c1. The van der Waals surface area contributed by atoms with Crippen molar-refractivity contribution in [3.8, 4) is 17.2 Å². The van der Waals surface area contributed by atoms with E-state index in [1.807, 2.05) is 37.3 Å². The minimum atomic E-state index is -2.66. The molecule has 7 heteroatoms. The van der Waals surface area contributed by atoms with Crippen molar-refractivity contribution in [2.45, 2.75) is 32.9 Å². The number of halogens is 2. The van der Waals surface area contributed by atoms with Crippen LogP contribution in [0.5, 0.6) is 17.2 Å². The van der Waals surface area contributed by atoms with E-state index in [4.69, 9.17) is 14.0 Å². The molecule has 0 aliphatic rings. The average Bonchev–Trinajstić information content (AvgIpc) is 2.57. The highest BCUT2D eigenvalue weighted by Gasteiger charge is 2.19. The Morgan fingerprint density at radius 3 is 2.26 bits per heavy atom. The number of ether oxygens (including phenoxy) is 2. The second-order valence-electron chi connectivity index (χ2n) is 6.64. The van der Waals surface area contributed by atoms with E-state index in [1.165, 1.54) is 0 Å². The molecule has 0 N–H and O–H groups in total. The van der Waals surface area contributed by atoms with E-state index < -0.39 is 7.37 Å². The summed E-state index contributed by atoms with van der Waals surface area (Å²) in [6.07, 6.45) is 0.373. The van der Waals surface area contributed by atoms with Crippen LogP contribution in [0, 0.1) is 0 Å². The smallest absolute Gasteiger partial charge is 0.204 e. The van der Waals surface area contributed by atoms with Gasteiger partial charge in [-0.15, -0.1) is 0 Å². The van der Waals surface area contributed by atoms with Gasteiger partial charge in [0.05, 0.1) is 22.7 Å². The summed E-state index contributed by atoms with van der Waals surface area (Å²) in [7, 11) is -0.990. The molecule has 0 aromatic heterocycles. The van der Waals surface area contributed by atoms with Crippen molar-refractivity contribution >= 4 is 39.2 Å². The third-order valence-corrected chi connectivity index (χ3v) is 6.90. The van der Waals surface area contributed by atoms with Crippen LogP contribution in [0.15, 0.2) is 39.3 Å². The molecular weight excluding hydrogens is 495 g/mol. The average molecular weight is 520 g/mol. The van der Waals surface area contributed by atoms with Crippen molar-refractivity contribution < 1.29 is 18.6 Å². The third-order valence-electron chi connectivity index (χ3n) is 3.97. The standard InChI is InChI=1S/C20H25Br2O4P/c1-6-25-27(5,23)12-14-9-17(21)20(18(22)10-14)26-15-7-8-19(24-4)16(11-15)13(2)3/h7-11,13H,6,12H2,1-5H3. The van der Waals surface area contributed by atoms with Crippen molar-refractivity contribution in [1.29, 1.82) is 0 Å². The highest BCUT2D eigenvalue weighted by molar-refractivity contribution is 9.11. The number of benzene rings is 2. The molecule has 2 aromatic carbocycles. The fraction of sp³-hybridized carbons (Fsp3) is 0.400. The monoisotopic (exact) mass is 518 g/mol. The zero-order chi connectivity index (χ0) is 20.2.